The van der Waals surface area contributed by atoms with Crippen LogP contribution >= 0.6 is 24.0 Å². The Morgan fingerprint density at radius 1 is 1.14 bits per heavy atom. The summed E-state index contributed by atoms with van der Waals surface area (Å²) < 4.78 is 2.32. The molecule has 1 aromatic heterocycles. The lowest BCUT2D eigenvalue weighted by Crippen LogP contribution is -2.47. The third-order valence-electron chi connectivity index (χ3n) is 7.23. The van der Waals surface area contributed by atoms with Gasteiger partial charge in [0, 0.05) is 44.8 Å². The van der Waals surface area contributed by atoms with Crippen molar-refractivity contribution in [1.29, 1.82) is 5.26 Å². The molecule has 0 aromatic carbocycles. The van der Waals surface area contributed by atoms with Gasteiger partial charge in [-0.3, -0.25) is 19.1 Å². The number of aromatic nitrogens is 1. The summed E-state index contributed by atoms with van der Waals surface area (Å²) in [6, 6.07) is 2.13. The Balaban J connectivity index is 2.08. The molecule has 3 heterocycles. The zero-order valence-corrected chi connectivity index (χ0v) is 23.9. The van der Waals surface area contributed by atoms with Crippen LogP contribution in [0.3, 0.4) is 0 Å². The summed E-state index contributed by atoms with van der Waals surface area (Å²) in [5.41, 5.74) is 1.30. The monoisotopic (exact) mass is 529 g/mol. The maximum absolute atomic E-state index is 13.5. The molecule has 3 rings (SSSR count). The Bertz CT molecular complexity index is 1110. The molecule has 0 N–H and O–H groups in total. The number of nitriles is 1. The van der Waals surface area contributed by atoms with Crippen LogP contribution in [0.25, 0.3) is 6.08 Å². The lowest BCUT2D eigenvalue weighted by Gasteiger charge is -2.36. The zero-order valence-electron chi connectivity index (χ0n) is 22.3. The quantitative estimate of drug-likeness (QED) is 0.324. The predicted molar refractivity (Wildman–Crippen MR) is 153 cm³/mol. The van der Waals surface area contributed by atoms with Gasteiger partial charge in [0.1, 0.15) is 21.8 Å². The molecule has 0 bridgehead atoms. The van der Waals surface area contributed by atoms with Crippen molar-refractivity contribution in [3.05, 3.63) is 31.9 Å². The van der Waals surface area contributed by atoms with Crippen LogP contribution in [-0.2, 0) is 11.3 Å². The molecule has 0 spiro atoms. The highest BCUT2D eigenvalue weighted by Gasteiger charge is 2.34. The van der Waals surface area contributed by atoms with Crippen molar-refractivity contribution in [3.63, 3.8) is 0 Å². The summed E-state index contributed by atoms with van der Waals surface area (Å²) in [5, 5.41) is 9.84. The van der Waals surface area contributed by atoms with Gasteiger partial charge in [-0.25, -0.2) is 0 Å². The van der Waals surface area contributed by atoms with Crippen LogP contribution in [0.4, 0.5) is 5.82 Å². The van der Waals surface area contributed by atoms with Crippen molar-refractivity contribution in [1.82, 2.24) is 14.4 Å². The highest BCUT2D eigenvalue weighted by Crippen LogP contribution is 2.37. The first-order chi connectivity index (χ1) is 17.3. The van der Waals surface area contributed by atoms with Gasteiger partial charge in [0.05, 0.1) is 4.91 Å². The second-order valence-corrected chi connectivity index (χ2v) is 11.5. The normalized spacial score (nSPS) is 18.8. The molecule has 2 aliphatic heterocycles. The largest absolute Gasteiger partial charge is 0.355 e. The van der Waals surface area contributed by atoms with E-state index < -0.39 is 0 Å². The van der Waals surface area contributed by atoms with Gasteiger partial charge in [0.2, 0.25) is 0 Å². The summed E-state index contributed by atoms with van der Waals surface area (Å²) >= 11 is 6.96. The number of likely N-dealkylation sites (N-methyl/N-ethyl adjacent to an activating group) is 1. The van der Waals surface area contributed by atoms with Gasteiger partial charge in [-0.2, -0.15) is 5.26 Å². The van der Waals surface area contributed by atoms with Gasteiger partial charge < -0.3 is 9.80 Å². The molecule has 7 nitrogen and oxygen atoms in total. The Kier molecular flexibility index (Phi) is 10.2. The molecular formula is C27H39N5O2S2. The minimum atomic E-state index is -0.253. The first-order valence-electron chi connectivity index (χ1n) is 13.1. The summed E-state index contributed by atoms with van der Waals surface area (Å²) in [6.07, 6.45) is 7.03. The number of unbranched alkanes of at least 4 members (excludes halogenated alkanes) is 1. The van der Waals surface area contributed by atoms with E-state index in [2.05, 4.69) is 36.8 Å². The van der Waals surface area contributed by atoms with E-state index in [1.54, 1.807) is 9.47 Å². The minimum Gasteiger partial charge on any atom is -0.355 e. The fourth-order valence-corrected chi connectivity index (χ4v) is 6.15. The van der Waals surface area contributed by atoms with E-state index in [9.17, 15) is 14.9 Å². The molecule has 2 fully saturated rings. The molecule has 9 heteroatoms. The first kappa shape index (κ1) is 28.4. The Labute approximate surface area is 225 Å². The van der Waals surface area contributed by atoms with E-state index in [1.807, 2.05) is 19.9 Å². The van der Waals surface area contributed by atoms with Crippen LogP contribution in [0.5, 0.6) is 0 Å². The number of carbonyl (C=O) groups excluding carboxylic acids is 1. The van der Waals surface area contributed by atoms with Crippen LogP contribution in [0.2, 0.25) is 0 Å². The number of anilines is 1. The molecule has 0 radical (unpaired) electrons. The van der Waals surface area contributed by atoms with E-state index in [4.69, 9.17) is 12.2 Å². The Morgan fingerprint density at radius 2 is 1.83 bits per heavy atom. The average molecular weight is 530 g/mol. The summed E-state index contributed by atoms with van der Waals surface area (Å²) in [6.45, 7) is 12.7. The van der Waals surface area contributed by atoms with Gasteiger partial charge in [0.15, 0.2) is 0 Å². The van der Waals surface area contributed by atoms with Crippen molar-refractivity contribution in [2.45, 2.75) is 66.3 Å². The maximum Gasteiger partial charge on any atom is 0.270 e. The highest BCUT2D eigenvalue weighted by molar-refractivity contribution is 8.26. The van der Waals surface area contributed by atoms with Gasteiger partial charge in [-0.15, -0.1) is 0 Å². The van der Waals surface area contributed by atoms with Crippen molar-refractivity contribution < 1.29 is 4.79 Å². The van der Waals surface area contributed by atoms with Crippen molar-refractivity contribution in [3.8, 4) is 6.07 Å². The standard InChI is InChI=1S/C27H39N5O2S2/c1-6-9-10-20(8-3)18-32-26(34)23(36-27(32)35)16-21-19(4)22(17-28)25(33)31(11-7-2)24(21)30-14-12-29(5)13-15-30/h16,20H,6-15,18H2,1-5H3/b23-16+. The van der Waals surface area contributed by atoms with Gasteiger partial charge in [-0.1, -0.05) is 64.0 Å². The van der Waals surface area contributed by atoms with Crippen LogP contribution in [0, 0.1) is 24.2 Å². The number of thiocarbonyl (C=S) groups is 1. The number of nitrogens with zero attached hydrogens (tertiary/aromatic N) is 5. The molecule has 1 atom stereocenters. The van der Waals surface area contributed by atoms with Gasteiger partial charge in [-0.05, 0) is 44.4 Å². The average Bonchev–Trinajstić information content (AvgIpc) is 3.12. The molecule has 2 saturated heterocycles. The Morgan fingerprint density at radius 3 is 2.42 bits per heavy atom. The number of rotatable bonds is 10. The molecule has 1 aromatic rings. The van der Waals surface area contributed by atoms with E-state index >= 15 is 0 Å². The number of carbonyl (C=O) groups is 1. The maximum atomic E-state index is 13.5. The summed E-state index contributed by atoms with van der Waals surface area (Å²) in [4.78, 5) is 33.6. The number of piperazine rings is 1. The first-order valence-corrected chi connectivity index (χ1v) is 14.4. The van der Waals surface area contributed by atoms with Crippen LogP contribution in [0.1, 0.15) is 69.6 Å². The topological polar surface area (TPSA) is 72.6 Å². The Hall–Kier alpha value is -2.15. The molecule has 0 saturated carbocycles. The fourth-order valence-electron chi connectivity index (χ4n) is 4.90. The van der Waals surface area contributed by atoms with Crippen molar-refractivity contribution >= 4 is 46.1 Å². The summed E-state index contributed by atoms with van der Waals surface area (Å²) in [7, 11) is 2.09. The molecule has 0 aliphatic carbocycles. The fraction of sp³-hybridized carbons (Fsp3) is 0.630. The van der Waals surface area contributed by atoms with E-state index in [0.717, 1.165) is 69.7 Å². The number of amides is 1. The number of pyridine rings is 1. The zero-order chi connectivity index (χ0) is 26.4. The third kappa shape index (κ3) is 6.04. The predicted octanol–water partition coefficient (Wildman–Crippen LogP) is 4.61. The van der Waals surface area contributed by atoms with Crippen molar-refractivity contribution in [2.24, 2.45) is 5.92 Å². The van der Waals surface area contributed by atoms with E-state index in [1.165, 1.54) is 11.8 Å². The smallest absolute Gasteiger partial charge is 0.270 e. The molecule has 1 unspecified atom stereocenters. The van der Waals surface area contributed by atoms with E-state index in [0.29, 0.717) is 33.8 Å². The summed E-state index contributed by atoms with van der Waals surface area (Å²) in [5.74, 6) is 1.16. The highest BCUT2D eigenvalue weighted by atomic mass is 32.2. The molecule has 1 amide bonds. The van der Waals surface area contributed by atoms with Gasteiger partial charge >= 0.3 is 0 Å². The lowest BCUT2D eigenvalue weighted by molar-refractivity contribution is -0.122. The van der Waals surface area contributed by atoms with Gasteiger partial charge in [0.25, 0.3) is 11.5 Å². The SMILES string of the molecule is CCCCC(CC)CN1C(=O)/C(=C\c2c(C)c(C#N)c(=O)n(CCC)c2N2CCN(C)CC2)SC1=S. The molecule has 196 valence electrons. The second-order valence-electron chi connectivity index (χ2n) is 9.81. The number of thioether (sulfide) groups is 1. The number of hydrogen-bond donors (Lipinski definition) is 0. The number of hydrogen-bond acceptors (Lipinski definition) is 7. The van der Waals surface area contributed by atoms with Crippen LogP contribution < -0.4 is 10.5 Å². The second kappa shape index (κ2) is 12.9. The molecule has 36 heavy (non-hydrogen) atoms. The molecule has 2 aliphatic rings. The van der Waals surface area contributed by atoms with E-state index in [-0.39, 0.29) is 17.0 Å². The lowest BCUT2D eigenvalue weighted by atomic mass is 9.99. The molecular weight excluding hydrogens is 490 g/mol. The van der Waals surface area contributed by atoms with Crippen LogP contribution in [-0.4, -0.2) is 64.4 Å². The third-order valence-corrected chi connectivity index (χ3v) is 8.61. The van der Waals surface area contributed by atoms with Crippen LogP contribution in [0.15, 0.2) is 9.70 Å². The van der Waals surface area contributed by atoms with Crippen molar-refractivity contribution in [2.75, 3.05) is 44.7 Å². The minimum absolute atomic E-state index is 0.0737.